The van der Waals surface area contributed by atoms with E-state index < -0.39 is 0 Å². The van der Waals surface area contributed by atoms with Gasteiger partial charge in [-0.1, -0.05) is 36.5 Å². The van der Waals surface area contributed by atoms with Crippen molar-refractivity contribution in [3.05, 3.63) is 36.5 Å². The van der Waals surface area contributed by atoms with E-state index in [-0.39, 0.29) is 89.1 Å². The number of fused-ring (bicyclic) bond motifs is 15. The third-order valence-electron chi connectivity index (χ3n) is 12.1. The van der Waals surface area contributed by atoms with Crippen LogP contribution < -0.4 is 0 Å². The van der Waals surface area contributed by atoms with Gasteiger partial charge in [0.2, 0.25) is 35.4 Å². The minimum absolute atomic E-state index is 0.00926. The van der Waals surface area contributed by atoms with Crippen LogP contribution in [-0.2, 0) is 28.8 Å². The standard InChI is InChI=1S/3C12H15NO2/c3*1-6(2)13-11(14)9-7-3-4-8(5-7)10(9)12(13)15/h3*3-4,6-10H,5H2,1-2H3/t7?,8?,9-,10+;7-,8+,9+,10-;7-,8+,9-,10+. The number of carbonyl (C=O) groups excluding carboxylic acids is 6. The van der Waals surface area contributed by atoms with Crippen LogP contribution in [0.4, 0.5) is 0 Å². The van der Waals surface area contributed by atoms with Crippen LogP contribution in [0.15, 0.2) is 36.5 Å². The van der Waals surface area contributed by atoms with Crippen LogP contribution in [0.2, 0.25) is 0 Å². The van der Waals surface area contributed by atoms with E-state index in [2.05, 4.69) is 36.5 Å². The molecule has 6 aliphatic carbocycles. The molecule has 0 spiro atoms. The van der Waals surface area contributed by atoms with Gasteiger partial charge >= 0.3 is 0 Å². The molecule has 9 nitrogen and oxygen atoms in total. The Morgan fingerprint density at radius 1 is 0.378 bits per heavy atom. The molecule has 2 unspecified atom stereocenters. The van der Waals surface area contributed by atoms with Gasteiger partial charge in [-0.3, -0.25) is 43.5 Å². The Morgan fingerprint density at radius 3 is 0.667 bits per heavy atom. The van der Waals surface area contributed by atoms with Gasteiger partial charge in [0, 0.05) is 18.1 Å². The average Bonchev–Trinajstić information content (AvgIpc) is 3.83. The number of hydrogen-bond donors (Lipinski definition) is 0. The molecule has 12 atom stereocenters. The van der Waals surface area contributed by atoms with Crippen molar-refractivity contribution in [2.45, 2.75) is 78.9 Å². The third-order valence-corrected chi connectivity index (χ3v) is 12.1. The van der Waals surface area contributed by atoms with E-state index >= 15 is 0 Å². The summed E-state index contributed by atoms with van der Waals surface area (Å²) in [6, 6.07) is 0.0278. The summed E-state index contributed by atoms with van der Waals surface area (Å²) in [5.74, 6) is 2.21. The number of amides is 6. The quantitative estimate of drug-likeness (QED) is 0.354. The van der Waals surface area contributed by atoms with E-state index in [9.17, 15) is 28.8 Å². The van der Waals surface area contributed by atoms with Crippen LogP contribution in [0.1, 0.15) is 60.8 Å². The average molecular weight is 616 g/mol. The lowest BCUT2D eigenvalue weighted by molar-refractivity contribution is -0.144. The number of carbonyl (C=O) groups is 6. The minimum Gasteiger partial charge on any atom is -0.280 e. The maximum atomic E-state index is 12.1. The van der Waals surface area contributed by atoms with Gasteiger partial charge in [0.15, 0.2) is 0 Å². The van der Waals surface area contributed by atoms with Gasteiger partial charge in [-0.05, 0) is 96.3 Å². The van der Waals surface area contributed by atoms with Crippen LogP contribution >= 0.6 is 0 Å². The molecular weight excluding hydrogens is 570 g/mol. The smallest absolute Gasteiger partial charge is 0.233 e. The number of nitrogens with zero attached hydrogens (tertiary/aromatic N) is 3. The van der Waals surface area contributed by atoms with Gasteiger partial charge in [0.05, 0.1) is 35.5 Å². The Balaban J connectivity index is 0.000000108. The third kappa shape index (κ3) is 4.24. The zero-order valence-corrected chi connectivity index (χ0v) is 27.0. The number of rotatable bonds is 3. The van der Waals surface area contributed by atoms with Gasteiger partial charge in [-0.2, -0.15) is 0 Å². The number of allylic oxidation sites excluding steroid dienone is 6. The van der Waals surface area contributed by atoms with Crippen molar-refractivity contribution in [2.24, 2.45) is 71.0 Å². The molecule has 3 heterocycles. The van der Waals surface area contributed by atoms with E-state index in [1.807, 2.05) is 41.5 Å². The molecule has 0 aromatic heterocycles. The fourth-order valence-electron chi connectivity index (χ4n) is 10.3. The molecule has 3 saturated carbocycles. The molecule has 3 aliphatic heterocycles. The Morgan fingerprint density at radius 2 is 0.533 bits per heavy atom. The van der Waals surface area contributed by atoms with Gasteiger partial charge in [-0.25, -0.2) is 0 Å². The Hall–Kier alpha value is -3.36. The van der Waals surface area contributed by atoms with E-state index in [0.717, 1.165) is 19.3 Å². The fraction of sp³-hybridized carbons (Fsp3) is 0.667. The van der Waals surface area contributed by atoms with Gasteiger partial charge in [0.25, 0.3) is 0 Å². The molecule has 6 amide bonds. The molecule has 6 bridgehead atoms. The summed E-state index contributed by atoms with van der Waals surface area (Å²) in [6.07, 6.45) is 15.8. The zero-order valence-electron chi connectivity index (χ0n) is 27.0. The van der Waals surface area contributed by atoms with Crippen molar-refractivity contribution in [3.63, 3.8) is 0 Å². The lowest BCUT2D eigenvalue weighted by Gasteiger charge is -2.20. The SMILES string of the molecule is CC(C)N1C(=O)[C@@H]2C3C=CC(C3)[C@@H]2C1=O.CC(C)N1C(=O)[C@@H]2[C@H](C1=O)[C@@H]1C=C[C@H]2C1.CC(C)N1C(=O)[C@@H]2[C@H](C1=O)[C@H]1C=C[C@@H]2C1. The summed E-state index contributed by atoms with van der Waals surface area (Å²) in [7, 11) is 0. The molecular formula is C36H45N3O6. The van der Waals surface area contributed by atoms with Crippen molar-refractivity contribution in [2.75, 3.05) is 0 Å². The van der Waals surface area contributed by atoms with Gasteiger partial charge in [-0.15, -0.1) is 0 Å². The van der Waals surface area contributed by atoms with Crippen LogP contribution in [0, 0.1) is 71.0 Å². The molecule has 6 fully saturated rings. The van der Waals surface area contributed by atoms with Crippen LogP contribution in [0.25, 0.3) is 0 Å². The predicted molar refractivity (Wildman–Crippen MR) is 164 cm³/mol. The molecule has 3 saturated heterocycles. The molecule has 0 aromatic carbocycles. The van der Waals surface area contributed by atoms with Crippen molar-refractivity contribution in [3.8, 4) is 0 Å². The molecule has 0 N–H and O–H groups in total. The summed E-state index contributed by atoms with van der Waals surface area (Å²) in [4.78, 5) is 77.0. The number of hydrogen-bond acceptors (Lipinski definition) is 6. The summed E-state index contributed by atoms with van der Waals surface area (Å²) in [6.45, 7) is 11.5. The molecule has 9 aliphatic rings. The molecule has 0 aromatic rings. The summed E-state index contributed by atoms with van der Waals surface area (Å²) in [5, 5.41) is 0. The lowest BCUT2D eigenvalue weighted by atomic mass is 9.85. The van der Waals surface area contributed by atoms with Crippen molar-refractivity contribution < 1.29 is 28.8 Å². The van der Waals surface area contributed by atoms with Gasteiger partial charge < -0.3 is 0 Å². The highest BCUT2D eigenvalue weighted by molar-refractivity contribution is 6.08. The van der Waals surface area contributed by atoms with E-state index in [1.165, 1.54) is 14.7 Å². The van der Waals surface area contributed by atoms with Crippen LogP contribution in [-0.4, -0.2) is 68.3 Å². The van der Waals surface area contributed by atoms with E-state index in [1.54, 1.807) is 0 Å². The first-order valence-corrected chi connectivity index (χ1v) is 17.0. The molecule has 45 heavy (non-hydrogen) atoms. The van der Waals surface area contributed by atoms with Crippen molar-refractivity contribution in [1.29, 1.82) is 0 Å². The maximum Gasteiger partial charge on any atom is 0.233 e. The Labute approximate surface area is 265 Å². The number of imide groups is 3. The highest BCUT2D eigenvalue weighted by Gasteiger charge is 2.61. The fourth-order valence-corrected chi connectivity index (χ4v) is 10.3. The largest absolute Gasteiger partial charge is 0.280 e. The second-order valence-corrected chi connectivity index (χ2v) is 15.4. The summed E-state index contributed by atoms with van der Waals surface area (Å²) < 4.78 is 0. The van der Waals surface area contributed by atoms with Crippen LogP contribution in [0.3, 0.4) is 0 Å². The van der Waals surface area contributed by atoms with E-state index in [4.69, 9.17) is 0 Å². The summed E-state index contributed by atoms with van der Waals surface area (Å²) >= 11 is 0. The molecule has 240 valence electrons. The van der Waals surface area contributed by atoms with Crippen molar-refractivity contribution in [1.82, 2.24) is 14.7 Å². The van der Waals surface area contributed by atoms with Crippen LogP contribution in [0.5, 0.6) is 0 Å². The second-order valence-electron chi connectivity index (χ2n) is 15.4. The number of likely N-dealkylation sites (tertiary alicyclic amines) is 3. The highest BCUT2D eigenvalue weighted by atomic mass is 16.2. The first-order valence-electron chi connectivity index (χ1n) is 17.0. The Bertz CT molecular complexity index is 1200. The van der Waals surface area contributed by atoms with Crippen molar-refractivity contribution >= 4 is 35.4 Å². The first-order chi connectivity index (χ1) is 21.3. The topological polar surface area (TPSA) is 112 Å². The highest BCUT2D eigenvalue weighted by Crippen LogP contribution is 2.54. The maximum absolute atomic E-state index is 12.1. The predicted octanol–water partition coefficient (Wildman–Crippen LogP) is 3.61. The first kappa shape index (κ1) is 30.3. The minimum atomic E-state index is -0.0325. The summed E-state index contributed by atoms with van der Waals surface area (Å²) in [5.41, 5.74) is 0. The Kier molecular flexibility index (Phi) is 7.13. The van der Waals surface area contributed by atoms with E-state index in [0.29, 0.717) is 35.5 Å². The van der Waals surface area contributed by atoms with Gasteiger partial charge in [0.1, 0.15) is 0 Å². The molecule has 9 rings (SSSR count). The monoisotopic (exact) mass is 615 g/mol. The molecule has 0 radical (unpaired) electrons. The lowest BCUT2D eigenvalue weighted by Crippen LogP contribution is -2.38. The zero-order chi connectivity index (χ0) is 32.2. The molecule has 9 heteroatoms. The normalized spacial score (nSPS) is 42.2. The second kappa shape index (κ2) is 10.6.